The quantitative estimate of drug-likeness (QED) is 0.298. The Bertz CT molecular complexity index is 510. The highest BCUT2D eigenvalue weighted by atomic mass is 16.6. The minimum absolute atomic E-state index is 0.0750. The zero-order valence-electron chi connectivity index (χ0n) is 13.3. The first-order valence-electron chi connectivity index (χ1n) is 6.54. The molecule has 0 aromatic rings. The van der Waals surface area contributed by atoms with Crippen molar-refractivity contribution in [3.05, 3.63) is 24.3 Å². The fourth-order valence-electron chi connectivity index (χ4n) is 1.79. The number of carbonyl (C=O) groups is 4. The number of ether oxygens (including phenoxy) is 2. The smallest absolute Gasteiger partial charge is 0.333 e. The van der Waals surface area contributed by atoms with Crippen molar-refractivity contribution in [1.82, 2.24) is 0 Å². The summed E-state index contributed by atoms with van der Waals surface area (Å²) in [5, 5.41) is 23.0. The predicted molar refractivity (Wildman–Crippen MR) is 73.2 cm³/mol. The van der Waals surface area contributed by atoms with Gasteiger partial charge in [-0.1, -0.05) is 13.2 Å². The van der Waals surface area contributed by atoms with E-state index in [-0.39, 0.29) is 11.1 Å². The molecule has 0 aliphatic carbocycles. The molecule has 2 atom stereocenters. The van der Waals surface area contributed by atoms with Crippen LogP contribution in [0.5, 0.6) is 0 Å². The van der Waals surface area contributed by atoms with Crippen LogP contribution in [0.15, 0.2) is 24.3 Å². The molecule has 0 saturated carbocycles. The lowest BCUT2D eigenvalue weighted by Crippen LogP contribution is -2.65. The third-order valence-corrected chi connectivity index (χ3v) is 3.22. The number of hydrogen-bond acceptors (Lipinski definition) is 8. The number of hydrogen-bond donors (Lipinski definition) is 0. The Labute approximate surface area is 133 Å². The third kappa shape index (κ3) is 4.18. The van der Waals surface area contributed by atoms with Gasteiger partial charge in [0.25, 0.3) is 0 Å². The highest BCUT2D eigenvalue weighted by Crippen LogP contribution is 2.31. The summed E-state index contributed by atoms with van der Waals surface area (Å²) in [5.41, 5.74) is -3.06. The Morgan fingerprint density at radius 1 is 0.826 bits per heavy atom. The van der Waals surface area contributed by atoms with Crippen LogP contribution in [0.1, 0.15) is 27.7 Å². The summed E-state index contributed by atoms with van der Waals surface area (Å²) < 4.78 is 9.54. The van der Waals surface area contributed by atoms with Crippen LogP contribution in [0.4, 0.5) is 0 Å². The van der Waals surface area contributed by atoms with E-state index < -0.39 is 41.5 Å². The maximum Gasteiger partial charge on any atom is 0.333 e. The molecular weight excluding hydrogens is 308 g/mol. The van der Waals surface area contributed by atoms with Gasteiger partial charge < -0.3 is 29.3 Å². The maximum absolute atomic E-state index is 11.5. The molecule has 23 heavy (non-hydrogen) atoms. The average molecular weight is 326 g/mol. The zero-order chi connectivity index (χ0) is 18.5. The molecule has 0 amide bonds. The first-order valence-corrected chi connectivity index (χ1v) is 6.54. The van der Waals surface area contributed by atoms with Crippen molar-refractivity contribution in [2.24, 2.45) is 5.41 Å². The van der Waals surface area contributed by atoms with E-state index in [1.807, 2.05) is 0 Å². The van der Waals surface area contributed by atoms with Gasteiger partial charge in [0.15, 0.2) is 0 Å². The summed E-state index contributed by atoms with van der Waals surface area (Å²) in [4.78, 5) is 46.0. The van der Waals surface area contributed by atoms with E-state index >= 15 is 0 Å². The molecule has 0 aliphatic heterocycles. The van der Waals surface area contributed by atoms with Crippen LogP contribution in [0, 0.1) is 5.41 Å². The fourth-order valence-corrected chi connectivity index (χ4v) is 1.79. The molecule has 2 unspecified atom stereocenters. The first kappa shape index (κ1) is 20.4. The zero-order valence-corrected chi connectivity index (χ0v) is 13.3. The lowest BCUT2D eigenvalue weighted by atomic mass is 9.77. The second-order valence-corrected chi connectivity index (χ2v) is 5.10. The Kier molecular flexibility index (Phi) is 6.70. The number of carbonyl (C=O) groups excluding carboxylic acids is 4. The predicted octanol–water partition coefficient (Wildman–Crippen LogP) is -1.51. The number of carboxylic acid groups (broad SMARTS) is 2. The summed E-state index contributed by atoms with van der Waals surface area (Å²) in [7, 11) is 0. The molecule has 0 saturated heterocycles. The summed E-state index contributed by atoms with van der Waals surface area (Å²) in [6.07, 6.45) is -3.51. The van der Waals surface area contributed by atoms with Gasteiger partial charge >= 0.3 is 11.9 Å². The van der Waals surface area contributed by atoms with Crippen molar-refractivity contribution in [2.75, 3.05) is 0 Å². The van der Waals surface area contributed by atoms with Crippen LogP contribution in [-0.4, -0.2) is 36.1 Å². The van der Waals surface area contributed by atoms with Crippen LogP contribution < -0.4 is 10.2 Å². The first-order chi connectivity index (χ1) is 10.4. The Morgan fingerprint density at radius 3 is 1.26 bits per heavy atom. The second kappa shape index (κ2) is 7.57. The molecule has 0 radical (unpaired) electrons. The molecule has 0 spiro atoms. The lowest BCUT2D eigenvalue weighted by molar-refractivity contribution is -0.354. The Balaban J connectivity index is 5.82. The number of rotatable bonds is 8. The van der Waals surface area contributed by atoms with Crippen LogP contribution >= 0.6 is 0 Å². The van der Waals surface area contributed by atoms with Crippen molar-refractivity contribution >= 4 is 23.9 Å². The van der Waals surface area contributed by atoms with Gasteiger partial charge in [-0.2, -0.15) is 0 Å². The second-order valence-electron chi connectivity index (χ2n) is 5.10. The normalized spacial score (nSPS) is 13.4. The largest absolute Gasteiger partial charge is 0.549 e. The molecule has 0 aliphatic rings. The molecule has 0 aromatic carbocycles. The molecular formula is C15H18O8-2. The highest BCUT2D eigenvalue weighted by Gasteiger charge is 2.49. The summed E-state index contributed by atoms with van der Waals surface area (Å²) in [6, 6.07) is 0. The van der Waals surface area contributed by atoms with Crippen LogP contribution in [0.25, 0.3) is 0 Å². The monoisotopic (exact) mass is 326 g/mol. The van der Waals surface area contributed by atoms with Gasteiger partial charge in [0, 0.05) is 11.1 Å². The molecule has 0 heterocycles. The standard InChI is InChI=1S/C15H20O8/c1-7(2)11(16)22-9(5)15(13(18)19,14(20)21)10(6)23-12(17)8(3)4/h9-10H,1,3H2,2,4-6H3,(H,18,19)(H,20,21)/p-2. The molecule has 8 nitrogen and oxygen atoms in total. The molecule has 0 fully saturated rings. The van der Waals surface area contributed by atoms with Crippen LogP contribution in [0.3, 0.4) is 0 Å². The van der Waals surface area contributed by atoms with Gasteiger partial charge in [0.2, 0.25) is 0 Å². The van der Waals surface area contributed by atoms with E-state index in [4.69, 9.17) is 9.47 Å². The molecule has 128 valence electrons. The van der Waals surface area contributed by atoms with Gasteiger partial charge in [-0.25, -0.2) is 9.59 Å². The number of carboxylic acids is 2. The van der Waals surface area contributed by atoms with E-state index in [0.717, 1.165) is 13.8 Å². The topological polar surface area (TPSA) is 133 Å². The van der Waals surface area contributed by atoms with Crippen molar-refractivity contribution in [2.45, 2.75) is 39.9 Å². The van der Waals surface area contributed by atoms with Gasteiger partial charge in [0.05, 0.1) is 11.9 Å². The van der Waals surface area contributed by atoms with E-state index in [1.54, 1.807) is 0 Å². The Hall–Kier alpha value is -2.64. The van der Waals surface area contributed by atoms with E-state index in [0.29, 0.717) is 0 Å². The molecule has 0 aromatic heterocycles. The maximum atomic E-state index is 11.5. The van der Waals surface area contributed by atoms with Crippen LogP contribution in [0.2, 0.25) is 0 Å². The van der Waals surface area contributed by atoms with E-state index in [9.17, 15) is 29.4 Å². The summed E-state index contributed by atoms with van der Waals surface area (Å²) >= 11 is 0. The van der Waals surface area contributed by atoms with Gasteiger partial charge in [-0.15, -0.1) is 0 Å². The van der Waals surface area contributed by atoms with Gasteiger partial charge in [-0.05, 0) is 27.7 Å². The summed E-state index contributed by atoms with van der Waals surface area (Å²) in [6.45, 7) is 11.2. The minimum Gasteiger partial charge on any atom is -0.549 e. The number of esters is 2. The van der Waals surface area contributed by atoms with Crippen molar-refractivity contribution in [1.29, 1.82) is 0 Å². The minimum atomic E-state index is -2.91. The Morgan fingerprint density at radius 2 is 1.09 bits per heavy atom. The molecule has 0 N–H and O–H groups in total. The van der Waals surface area contributed by atoms with E-state index in [1.165, 1.54) is 13.8 Å². The lowest BCUT2D eigenvalue weighted by Gasteiger charge is -2.43. The molecule has 0 rings (SSSR count). The van der Waals surface area contributed by atoms with Crippen molar-refractivity contribution in [3.63, 3.8) is 0 Å². The average Bonchev–Trinajstić information content (AvgIpc) is 2.37. The van der Waals surface area contributed by atoms with Gasteiger partial charge in [-0.3, -0.25) is 0 Å². The van der Waals surface area contributed by atoms with Gasteiger partial charge in [0.1, 0.15) is 17.6 Å². The molecule has 0 bridgehead atoms. The summed E-state index contributed by atoms with van der Waals surface area (Å²) in [5.74, 6) is -6.27. The molecule has 8 heteroatoms. The number of aliphatic carboxylic acids is 2. The van der Waals surface area contributed by atoms with E-state index in [2.05, 4.69) is 13.2 Å². The van der Waals surface area contributed by atoms with Crippen molar-refractivity contribution < 1.29 is 38.9 Å². The SMILES string of the molecule is C=C(C)C(=O)OC(C)C(C(=O)[O-])(C(=O)[O-])C(C)OC(=O)C(=C)C. The fraction of sp³-hybridized carbons (Fsp3) is 0.467. The third-order valence-electron chi connectivity index (χ3n) is 3.22. The van der Waals surface area contributed by atoms with Crippen LogP contribution in [-0.2, 0) is 28.7 Å². The highest BCUT2D eigenvalue weighted by molar-refractivity contribution is 5.99. The van der Waals surface area contributed by atoms with Crippen molar-refractivity contribution in [3.8, 4) is 0 Å².